The number of hydrogen-bond acceptors (Lipinski definition) is 2. The van der Waals surface area contributed by atoms with Gasteiger partial charge in [-0.25, -0.2) is 10.1 Å². The maximum atomic E-state index is 9.75. The second-order valence-corrected chi connectivity index (χ2v) is 1.53. The van der Waals surface area contributed by atoms with Crippen LogP contribution in [0.2, 0.25) is 0 Å². The SMILES string of the molecule is CCO[P](N)=O. The summed E-state index contributed by atoms with van der Waals surface area (Å²) in [4.78, 5) is 0. The summed E-state index contributed by atoms with van der Waals surface area (Å²) in [7, 11) is -1.85. The third kappa shape index (κ3) is 4.02. The first kappa shape index (κ1) is 6.02. The lowest BCUT2D eigenvalue weighted by Gasteiger charge is -1.85. The zero-order chi connectivity index (χ0) is 4.99. The molecular formula is C2H7NO2P. The van der Waals surface area contributed by atoms with Gasteiger partial charge in [0.05, 0.1) is 6.61 Å². The molecule has 0 aromatic rings. The van der Waals surface area contributed by atoms with Crippen LogP contribution in [-0.4, -0.2) is 6.61 Å². The van der Waals surface area contributed by atoms with Crippen molar-refractivity contribution in [1.82, 2.24) is 0 Å². The first-order valence-corrected chi connectivity index (χ1v) is 2.87. The molecule has 0 saturated heterocycles. The van der Waals surface area contributed by atoms with E-state index in [0.717, 1.165) is 0 Å². The van der Waals surface area contributed by atoms with Crippen molar-refractivity contribution >= 4 is 8.18 Å². The van der Waals surface area contributed by atoms with E-state index in [1.165, 1.54) is 0 Å². The van der Waals surface area contributed by atoms with Crippen LogP contribution < -0.4 is 5.50 Å². The molecule has 0 aliphatic rings. The Hall–Kier alpha value is 0.0200. The molecule has 0 aromatic carbocycles. The van der Waals surface area contributed by atoms with Crippen LogP contribution in [0.4, 0.5) is 0 Å². The molecule has 4 heteroatoms. The fraction of sp³-hybridized carbons (Fsp3) is 1.00. The van der Waals surface area contributed by atoms with Gasteiger partial charge in [-0.1, -0.05) is 0 Å². The zero-order valence-electron chi connectivity index (χ0n) is 3.55. The second kappa shape index (κ2) is 3.22. The van der Waals surface area contributed by atoms with Gasteiger partial charge in [-0.2, -0.15) is 0 Å². The summed E-state index contributed by atoms with van der Waals surface area (Å²) in [6.45, 7) is 2.16. The molecule has 2 N–H and O–H groups in total. The Balaban J connectivity index is 2.83. The molecule has 1 atom stereocenters. The van der Waals surface area contributed by atoms with Gasteiger partial charge in [0.2, 0.25) is 0 Å². The van der Waals surface area contributed by atoms with Crippen molar-refractivity contribution in [2.75, 3.05) is 6.61 Å². The summed E-state index contributed by atoms with van der Waals surface area (Å²) >= 11 is 0. The van der Waals surface area contributed by atoms with E-state index in [4.69, 9.17) is 0 Å². The number of rotatable bonds is 2. The lowest BCUT2D eigenvalue weighted by Crippen LogP contribution is -1.83. The van der Waals surface area contributed by atoms with Crippen molar-refractivity contribution in [1.29, 1.82) is 0 Å². The van der Waals surface area contributed by atoms with Crippen LogP contribution in [0.25, 0.3) is 0 Å². The number of hydrogen-bond donors (Lipinski definition) is 1. The highest BCUT2D eigenvalue weighted by Gasteiger charge is 1.81. The monoisotopic (exact) mass is 108 g/mol. The predicted octanol–water partition coefficient (Wildman–Crippen LogP) is 0.639. The molecule has 37 valence electrons. The normalized spacial score (nSPS) is 11.3. The molecule has 0 spiro atoms. The Kier molecular flexibility index (Phi) is 3.23. The minimum atomic E-state index is -1.85. The lowest BCUT2D eigenvalue weighted by atomic mass is 10.9. The topological polar surface area (TPSA) is 52.3 Å². The van der Waals surface area contributed by atoms with Crippen LogP contribution in [0.3, 0.4) is 0 Å². The smallest absolute Gasteiger partial charge is 0.291 e. The van der Waals surface area contributed by atoms with Crippen LogP contribution in [-0.2, 0) is 9.09 Å². The average Bonchev–Trinajstić information content (AvgIpc) is 1.35. The number of nitrogens with two attached hydrogens (primary N) is 1. The third-order valence-electron chi connectivity index (χ3n) is 0.256. The Morgan fingerprint density at radius 3 is 2.50 bits per heavy atom. The van der Waals surface area contributed by atoms with E-state index in [-0.39, 0.29) is 0 Å². The molecular weight excluding hydrogens is 101 g/mol. The van der Waals surface area contributed by atoms with E-state index in [0.29, 0.717) is 6.61 Å². The highest BCUT2D eigenvalue weighted by Crippen LogP contribution is 2.06. The van der Waals surface area contributed by atoms with Crippen LogP contribution in [0.1, 0.15) is 6.92 Å². The molecule has 0 fully saturated rings. The van der Waals surface area contributed by atoms with E-state index in [1.54, 1.807) is 6.92 Å². The Morgan fingerprint density at radius 2 is 2.50 bits per heavy atom. The fourth-order valence-electron chi connectivity index (χ4n) is 0.127. The Labute approximate surface area is 37.4 Å². The van der Waals surface area contributed by atoms with Crippen molar-refractivity contribution < 1.29 is 9.09 Å². The van der Waals surface area contributed by atoms with E-state index in [1.807, 2.05) is 0 Å². The van der Waals surface area contributed by atoms with Crippen LogP contribution in [0.5, 0.6) is 0 Å². The van der Waals surface area contributed by atoms with Crippen LogP contribution in [0, 0.1) is 0 Å². The molecule has 0 aromatic heterocycles. The molecule has 0 bridgehead atoms. The highest BCUT2D eigenvalue weighted by atomic mass is 31.1. The van der Waals surface area contributed by atoms with Gasteiger partial charge >= 0.3 is 0 Å². The summed E-state index contributed by atoms with van der Waals surface area (Å²) in [5, 5.41) is 0. The summed E-state index contributed by atoms with van der Waals surface area (Å²) < 4.78 is 14.1. The molecule has 0 rings (SSSR count). The predicted molar refractivity (Wildman–Crippen MR) is 23.4 cm³/mol. The maximum Gasteiger partial charge on any atom is 0.291 e. The van der Waals surface area contributed by atoms with Crippen LogP contribution in [0.15, 0.2) is 0 Å². The van der Waals surface area contributed by atoms with Crippen molar-refractivity contribution in [3.05, 3.63) is 0 Å². The van der Waals surface area contributed by atoms with E-state index >= 15 is 0 Å². The van der Waals surface area contributed by atoms with Crippen molar-refractivity contribution in [2.45, 2.75) is 6.92 Å². The summed E-state index contributed by atoms with van der Waals surface area (Å²) in [5.41, 5.74) is 4.69. The molecule has 0 aliphatic heterocycles. The van der Waals surface area contributed by atoms with Gasteiger partial charge in [-0.15, -0.1) is 0 Å². The van der Waals surface area contributed by atoms with Crippen molar-refractivity contribution in [3.63, 3.8) is 0 Å². The van der Waals surface area contributed by atoms with E-state index in [9.17, 15) is 4.57 Å². The minimum absolute atomic E-state index is 0.422. The maximum absolute atomic E-state index is 9.75. The molecule has 0 aliphatic carbocycles. The van der Waals surface area contributed by atoms with Gasteiger partial charge in [0.15, 0.2) is 0 Å². The second-order valence-electron chi connectivity index (χ2n) is 0.703. The van der Waals surface area contributed by atoms with Gasteiger partial charge in [-0.05, 0) is 6.92 Å². The molecule has 0 amide bonds. The lowest BCUT2D eigenvalue weighted by molar-refractivity contribution is 0.351. The first-order chi connectivity index (χ1) is 2.77. The van der Waals surface area contributed by atoms with E-state index in [2.05, 4.69) is 10.0 Å². The molecule has 0 heterocycles. The molecule has 3 nitrogen and oxygen atoms in total. The van der Waals surface area contributed by atoms with Crippen molar-refractivity contribution in [3.8, 4) is 0 Å². The molecule has 1 unspecified atom stereocenters. The third-order valence-corrected chi connectivity index (χ3v) is 0.769. The van der Waals surface area contributed by atoms with Gasteiger partial charge in [0.25, 0.3) is 8.18 Å². The zero-order valence-corrected chi connectivity index (χ0v) is 4.44. The standard InChI is InChI=1S/C2H7NO2P/c1-2-5-6(3)4/h2H2,1H3,(H2,3,4). The fourth-order valence-corrected chi connectivity index (χ4v) is 0.382. The van der Waals surface area contributed by atoms with E-state index < -0.39 is 8.18 Å². The van der Waals surface area contributed by atoms with Gasteiger partial charge < -0.3 is 0 Å². The van der Waals surface area contributed by atoms with Gasteiger partial charge in [0, 0.05) is 0 Å². The molecule has 1 radical (unpaired) electrons. The summed E-state index contributed by atoms with van der Waals surface area (Å²) in [5.74, 6) is 0. The van der Waals surface area contributed by atoms with Crippen LogP contribution >= 0.6 is 8.18 Å². The minimum Gasteiger partial charge on any atom is -0.293 e. The highest BCUT2D eigenvalue weighted by molar-refractivity contribution is 7.36. The summed E-state index contributed by atoms with van der Waals surface area (Å²) in [6, 6.07) is 0. The van der Waals surface area contributed by atoms with Gasteiger partial charge in [-0.3, -0.25) is 4.52 Å². The first-order valence-electron chi connectivity index (χ1n) is 1.62. The summed E-state index contributed by atoms with van der Waals surface area (Å²) in [6.07, 6.45) is 0. The Bertz CT molecular complexity index is 55.5. The largest absolute Gasteiger partial charge is 0.293 e. The Morgan fingerprint density at radius 1 is 2.00 bits per heavy atom. The van der Waals surface area contributed by atoms with Gasteiger partial charge in [0.1, 0.15) is 0 Å². The van der Waals surface area contributed by atoms with Crippen molar-refractivity contribution in [2.24, 2.45) is 5.50 Å². The molecule has 6 heavy (non-hydrogen) atoms. The molecule has 0 saturated carbocycles. The average molecular weight is 108 g/mol. The quantitative estimate of drug-likeness (QED) is 0.528.